The van der Waals surface area contributed by atoms with Crippen LogP contribution in [0.5, 0.6) is 5.75 Å². The summed E-state index contributed by atoms with van der Waals surface area (Å²) in [7, 11) is 1.68. The third-order valence-corrected chi connectivity index (χ3v) is 6.59. The van der Waals surface area contributed by atoms with Crippen LogP contribution >= 0.6 is 0 Å². The molecule has 2 aromatic heterocycles. The number of ether oxygens (including phenoxy) is 1. The molecule has 36 heavy (non-hydrogen) atoms. The van der Waals surface area contributed by atoms with Crippen molar-refractivity contribution in [1.29, 1.82) is 0 Å². The summed E-state index contributed by atoms with van der Waals surface area (Å²) in [6.45, 7) is 0.688. The van der Waals surface area contributed by atoms with Crippen molar-refractivity contribution in [3.05, 3.63) is 120 Å². The normalized spacial score (nSPS) is 11.3. The van der Waals surface area contributed by atoms with Crippen molar-refractivity contribution in [3.8, 4) is 17.1 Å². The minimum atomic E-state index is 0.169. The summed E-state index contributed by atoms with van der Waals surface area (Å²) in [5, 5.41) is 5.73. The molecule has 5 heteroatoms. The van der Waals surface area contributed by atoms with Crippen molar-refractivity contribution < 1.29 is 4.74 Å². The molecule has 0 radical (unpaired) electrons. The maximum Gasteiger partial charge on any atom is 0.162 e. The van der Waals surface area contributed by atoms with Gasteiger partial charge in [0.1, 0.15) is 11.6 Å². The zero-order valence-corrected chi connectivity index (χ0v) is 20.0. The van der Waals surface area contributed by atoms with E-state index >= 15 is 0 Å². The maximum absolute atomic E-state index is 5.51. The molecule has 0 saturated carbocycles. The number of anilines is 1. The number of methoxy groups -OCH3 is 1. The highest BCUT2D eigenvalue weighted by Gasteiger charge is 2.17. The molecule has 0 atom stereocenters. The van der Waals surface area contributed by atoms with Gasteiger partial charge in [0.05, 0.1) is 12.6 Å². The number of nitrogens with one attached hydrogen (secondary N) is 2. The van der Waals surface area contributed by atoms with Crippen LogP contribution in [0.3, 0.4) is 0 Å². The first-order valence-electron chi connectivity index (χ1n) is 12.1. The molecule has 6 aromatic rings. The van der Waals surface area contributed by atoms with E-state index in [-0.39, 0.29) is 5.92 Å². The molecule has 176 valence electrons. The Hall–Kier alpha value is -4.64. The second-order valence-electron chi connectivity index (χ2n) is 8.81. The van der Waals surface area contributed by atoms with E-state index in [9.17, 15) is 0 Å². The fraction of sp³-hybridized carbons (Fsp3) is 0.0968. The van der Waals surface area contributed by atoms with Gasteiger partial charge in [-0.1, -0.05) is 60.7 Å². The summed E-state index contributed by atoms with van der Waals surface area (Å²) in [5.74, 6) is 2.43. The SMILES string of the molecule is COc1ccc2nc(-c3ccc4[nH]ccc4c3)nc(NCC(c3ccccc3)c3ccccc3)c2c1. The van der Waals surface area contributed by atoms with Gasteiger partial charge in [-0.3, -0.25) is 0 Å². The molecule has 0 bridgehead atoms. The summed E-state index contributed by atoms with van der Waals surface area (Å²) in [6, 6.07) is 35.4. The van der Waals surface area contributed by atoms with Gasteiger partial charge >= 0.3 is 0 Å². The lowest BCUT2D eigenvalue weighted by atomic mass is 9.91. The van der Waals surface area contributed by atoms with Crippen LogP contribution in [0.25, 0.3) is 33.2 Å². The summed E-state index contributed by atoms with van der Waals surface area (Å²) in [4.78, 5) is 13.2. The molecule has 2 N–H and O–H groups in total. The van der Waals surface area contributed by atoms with Crippen LogP contribution in [-0.2, 0) is 0 Å². The third kappa shape index (κ3) is 4.27. The number of H-pyrrole nitrogens is 1. The second-order valence-corrected chi connectivity index (χ2v) is 8.81. The van der Waals surface area contributed by atoms with Gasteiger partial charge in [-0.05, 0) is 53.6 Å². The van der Waals surface area contributed by atoms with E-state index in [1.807, 2.05) is 24.4 Å². The van der Waals surface area contributed by atoms with Crippen LogP contribution in [0.15, 0.2) is 109 Å². The Morgan fingerprint density at radius 2 is 1.56 bits per heavy atom. The number of aromatic nitrogens is 3. The molecule has 0 saturated heterocycles. The highest BCUT2D eigenvalue weighted by Crippen LogP contribution is 2.31. The Balaban J connectivity index is 1.42. The Bertz CT molecular complexity index is 1590. The number of benzene rings is 4. The third-order valence-electron chi connectivity index (χ3n) is 6.59. The molecule has 6 rings (SSSR count). The highest BCUT2D eigenvalue weighted by molar-refractivity contribution is 5.92. The number of fused-ring (bicyclic) bond motifs is 2. The molecule has 0 aliphatic carbocycles. The first-order chi connectivity index (χ1) is 17.8. The van der Waals surface area contributed by atoms with Gasteiger partial charge in [0.15, 0.2) is 5.82 Å². The summed E-state index contributed by atoms with van der Waals surface area (Å²) in [6.07, 6.45) is 1.95. The molecule has 4 aromatic carbocycles. The molecule has 0 aliphatic heterocycles. The Morgan fingerprint density at radius 1 is 0.806 bits per heavy atom. The fourth-order valence-electron chi connectivity index (χ4n) is 4.69. The predicted octanol–water partition coefficient (Wildman–Crippen LogP) is 7.03. The molecular formula is C31H26N4O. The van der Waals surface area contributed by atoms with Gasteiger partial charge in [-0.2, -0.15) is 0 Å². The van der Waals surface area contributed by atoms with E-state index in [2.05, 4.69) is 95.2 Å². The van der Waals surface area contributed by atoms with Crippen molar-refractivity contribution in [2.24, 2.45) is 0 Å². The van der Waals surface area contributed by atoms with Crippen LogP contribution < -0.4 is 10.1 Å². The first-order valence-corrected chi connectivity index (χ1v) is 12.1. The lowest BCUT2D eigenvalue weighted by Crippen LogP contribution is -2.15. The monoisotopic (exact) mass is 470 g/mol. The van der Waals surface area contributed by atoms with E-state index in [0.717, 1.165) is 38.9 Å². The van der Waals surface area contributed by atoms with Crippen molar-refractivity contribution in [1.82, 2.24) is 15.0 Å². The molecule has 0 aliphatic rings. The van der Waals surface area contributed by atoms with E-state index in [0.29, 0.717) is 12.4 Å². The minimum Gasteiger partial charge on any atom is -0.497 e. The van der Waals surface area contributed by atoms with Gasteiger partial charge < -0.3 is 15.0 Å². The number of nitrogens with zero attached hydrogens (tertiary/aromatic N) is 2. The summed E-state index contributed by atoms with van der Waals surface area (Å²) in [5.41, 5.74) is 5.45. The van der Waals surface area contributed by atoms with E-state index in [1.54, 1.807) is 7.11 Å². The lowest BCUT2D eigenvalue weighted by Gasteiger charge is -2.20. The highest BCUT2D eigenvalue weighted by atomic mass is 16.5. The molecule has 0 fully saturated rings. The first kappa shape index (κ1) is 21.9. The van der Waals surface area contributed by atoms with E-state index in [1.165, 1.54) is 11.1 Å². The standard InChI is InChI=1S/C31H26N4O/c1-36-25-13-15-29-26(19-25)31(35-30(34-29)24-12-14-28-23(18-24)16-17-32-28)33-20-27(21-8-4-2-5-9-21)22-10-6-3-7-11-22/h2-19,27,32H,20H2,1H3,(H,33,34,35). The van der Waals surface area contributed by atoms with Crippen LogP contribution in [0, 0.1) is 0 Å². The average Bonchev–Trinajstić information content (AvgIpc) is 3.42. The molecule has 2 heterocycles. The lowest BCUT2D eigenvalue weighted by molar-refractivity contribution is 0.415. The predicted molar refractivity (Wildman–Crippen MR) is 147 cm³/mol. The van der Waals surface area contributed by atoms with Gasteiger partial charge in [-0.15, -0.1) is 0 Å². The van der Waals surface area contributed by atoms with Crippen LogP contribution in [-0.4, -0.2) is 28.6 Å². The molecule has 0 unspecified atom stereocenters. The quantitative estimate of drug-likeness (QED) is 0.263. The van der Waals surface area contributed by atoms with Crippen LogP contribution in [0.1, 0.15) is 17.0 Å². The smallest absolute Gasteiger partial charge is 0.162 e. The van der Waals surface area contributed by atoms with Crippen molar-refractivity contribution in [2.75, 3.05) is 19.0 Å². The van der Waals surface area contributed by atoms with Crippen molar-refractivity contribution >= 4 is 27.6 Å². The minimum absolute atomic E-state index is 0.169. The largest absolute Gasteiger partial charge is 0.497 e. The molecular weight excluding hydrogens is 444 g/mol. The Morgan fingerprint density at radius 3 is 2.28 bits per heavy atom. The van der Waals surface area contributed by atoms with Crippen LogP contribution in [0.4, 0.5) is 5.82 Å². The second kappa shape index (κ2) is 9.55. The van der Waals surface area contributed by atoms with Gasteiger partial charge in [0.25, 0.3) is 0 Å². The Kier molecular flexibility index (Phi) is 5.80. The summed E-state index contributed by atoms with van der Waals surface area (Å²) < 4.78 is 5.51. The van der Waals surface area contributed by atoms with E-state index in [4.69, 9.17) is 14.7 Å². The zero-order valence-electron chi connectivity index (χ0n) is 20.0. The van der Waals surface area contributed by atoms with Gasteiger partial charge in [0.2, 0.25) is 0 Å². The van der Waals surface area contributed by atoms with Gasteiger partial charge in [-0.25, -0.2) is 9.97 Å². The molecule has 0 spiro atoms. The fourth-order valence-corrected chi connectivity index (χ4v) is 4.69. The van der Waals surface area contributed by atoms with Crippen LogP contribution in [0.2, 0.25) is 0 Å². The number of hydrogen-bond acceptors (Lipinski definition) is 4. The number of rotatable bonds is 7. The van der Waals surface area contributed by atoms with Crippen molar-refractivity contribution in [3.63, 3.8) is 0 Å². The molecule has 5 nitrogen and oxygen atoms in total. The topological polar surface area (TPSA) is 62.8 Å². The molecule has 0 amide bonds. The summed E-state index contributed by atoms with van der Waals surface area (Å²) >= 11 is 0. The zero-order chi connectivity index (χ0) is 24.3. The average molecular weight is 471 g/mol. The number of aromatic amines is 1. The van der Waals surface area contributed by atoms with Gasteiger partial charge in [0, 0.05) is 40.5 Å². The Labute approximate surface area is 209 Å². The maximum atomic E-state index is 5.51. The van der Waals surface area contributed by atoms with E-state index < -0.39 is 0 Å². The van der Waals surface area contributed by atoms with Crippen molar-refractivity contribution in [2.45, 2.75) is 5.92 Å². The number of hydrogen-bond donors (Lipinski definition) is 2.